The zero-order chi connectivity index (χ0) is 12.0. The maximum atomic E-state index is 4.99. The molecule has 0 radical (unpaired) electrons. The predicted octanol–water partition coefficient (Wildman–Crippen LogP) is 2.57. The Morgan fingerprint density at radius 1 is 1.00 bits per heavy atom. The third kappa shape index (κ3) is 6.72. The van der Waals surface area contributed by atoms with Crippen LogP contribution in [-0.4, -0.2) is 22.1 Å². The minimum absolute atomic E-state index is 0.936. The summed E-state index contributed by atoms with van der Waals surface area (Å²) >= 11 is 0. The van der Waals surface area contributed by atoms with Crippen LogP contribution in [0.15, 0.2) is 40.4 Å². The van der Waals surface area contributed by atoms with Crippen LogP contribution < -0.4 is 5.01 Å². The Bertz CT molecular complexity index is 359. The van der Waals surface area contributed by atoms with Gasteiger partial charge in [-0.3, -0.25) is 0 Å². The maximum Gasteiger partial charge on any atom is 0.564 e. The second-order valence-corrected chi connectivity index (χ2v) is 15.6. The Kier molecular flexibility index (Phi) is 6.09. The fourth-order valence-corrected chi connectivity index (χ4v) is 0.991. The number of rotatable bonds is 1. The number of halogens is 4. The van der Waals surface area contributed by atoms with Crippen LogP contribution in [0.1, 0.15) is 0 Å². The van der Waals surface area contributed by atoms with Crippen molar-refractivity contribution in [2.75, 3.05) is 0 Å². The summed E-state index contributed by atoms with van der Waals surface area (Å²) in [4.78, 5) is 3.89. The number of para-hydroxylation sites is 1. The number of nitrogens with zero attached hydrogens (tertiary/aromatic N) is 2. The van der Waals surface area contributed by atoms with E-state index < -0.39 is 9.39 Å². The van der Waals surface area contributed by atoms with E-state index in [2.05, 4.69) is 10.1 Å². The number of hydrogen-bond acceptors (Lipinski definition) is 2. The first-order chi connectivity index (χ1) is 7.47. The first-order valence-corrected chi connectivity index (χ1v) is 11.3. The Labute approximate surface area is 113 Å². The second-order valence-electron chi connectivity index (χ2n) is 2.77. The van der Waals surface area contributed by atoms with Crippen LogP contribution in [-0.2, 0) is 0 Å². The van der Waals surface area contributed by atoms with Crippen molar-refractivity contribution < 1.29 is 5.01 Å². The molecular formula is C8H8AlCl4N3. The average Bonchev–Trinajstić information content (AvgIpc) is 2.69. The van der Waals surface area contributed by atoms with Gasteiger partial charge in [0.25, 0.3) is 0 Å². The molecule has 0 aliphatic carbocycles. The van der Waals surface area contributed by atoms with E-state index in [9.17, 15) is 0 Å². The van der Waals surface area contributed by atoms with Gasteiger partial charge < -0.3 is 40.2 Å². The van der Waals surface area contributed by atoms with E-state index in [-0.39, 0.29) is 0 Å². The summed E-state index contributed by atoms with van der Waals surface area (Å²) in [6, 6.07) is 10.0. The monoisotopic (exact) mass is 313 g/mol. The third-order valence-corrected chi connectivity index (χ3v) is 1.53. The number of aliphatic imine (C=N–C) groups is 1. The average molecular weight is 315 g/mol. The lowest BCUT2D eigenvalue weighted by atomic mass is 10.3. The maximum absolute atomic E-state index is 4.99. The van der Waals surface area contributed by atoms with Crippen molar-refractivity contribution in [3.8, 4) is 0 Å². The van der Waals surface area contributed by atoms with Crippen molar-refractivity contribution >= 4 is 68.0 Å². The largest absolute Gasteiger partial charge is 0.564 e. The van der Waals surface area contributed by atoms with Crippen molar-refractivity contribution in [3.05, 3.63) is 30.3 Å². The van der Waals surface area contributed by atoms with Crippen LogP contribution in [0.2, 0.25) is 0 Å². The van der Waals surface area contributed by atoms with E-state index in [1.165, 1.54) is 0 Å². The predicted molar refractivity (Wildman–Crippen MR) is 73.2 cm³/mol. The number of hydrogen-bond donors (Lipinski definition) is 1. The minimum Gasteiger partial charge on any atom is -0.391 e. The second kappa shape index (κ2) is 6.83. The van der Waals surface area contributed by atoms with Gasteiger partial charge in [-0.05, 0) is 0 Å². The van der Waals surface area contributed by atoms with Crippen LogP contribution in [0.4, 0.5) is 5.69 Å². The van der Waals surface area contributed by atoms with Crippen LogP contribution in [0, 0.1) is 0 Å². The van der Waals surface area contributed by atoms with Gasteiger partial charge in [0.1, 0.15) is 0 Å². The molecule has 16 heavy (non-hydrogen) atoms. The lowest BCUT2D eigenvalue weighted by Crippen LogP contribution is -3.00. The highest BCUT2D eigenvalue weighted by Gasteiger charge is 2.14. The molecule has 1 aromatic rings. The zero-order valence-electron chi connectivity index (χ0n) is 8.03. The molecular weight excluding hydrogens is 307 g/mol. The van der Waals surface area contributed by atoms with Gasteiger partial charge in [-0.1, -0.05) is 23.3 Å². The van der Waals surface area contributed by atoms with Crippen LogP contribution >= 0.6 is 40.2 Å². The highest BCUT2D eigenvalue weighted by Crippen LogP contribution is 2.23. The molecule has 0 spiro atoms. The molecule has 1 unspecified atom stereocenters. The fraction of sp³-hybridized carbons (Fsp3) is 0. The van der Waals surface area contributed by atoms with E-state index >= 15 is 0 Å². The zero-order valence-corrected chi connectivity index (χ0v) is 12.2. The summed E-state index contributed by atoms with van der Waals surface area (Å²) in [5.74, 6) is 0. The number of nitrogens with one attached hydrogen (secondary N) is 1. The molecule has 1 aliphatic heterocycles. The number of quaternary nitrogens is 1. The molecule has 8 heteroatoms. The molecule has 0 saturated carbocycles. The quantitative estimate of drug-likeness (QED) is 0.772. The minimum atomic E-state index is -2.94. The van der Waals surface area contributed by atoms with Crippen molar-refractivity contribution in [1.82, 2.24) is 0 Å². The first-order valence-electron chi connectivity index (χ1n) is 4.32. The van der Waals surface area contributed by atoms with Crippen molar-refractivity contribution in [1.29, 1.82) is 0 Å². The molecule has 1 aromatic carbocycles. The van der Waals surface area contributed by atoms with E-state index in [1.54, 1.807) is 12.7 Å². The molecule has 1 heterocycles. The van der Waals surface area contributed by atoms with Gasteiger partial charge in [-0.2, -0.15) is 4.99 Å². The Hall–Kier alpha value is 0.212. The van der Waals surface area contributed by atoms with Gasteiger partial charge in [0.15, 0.2) is 12.0 Å². The van der Waals surface area contributed by atoms with E-state index in [0.29, 0.717) is 0 Å². The fourth-order valence-electron chi connectivity index (χ4n) is 0.991. The van der Waals surface area contributed by atoms with Crippen LogP contribution in [0.3, 0.4) is 0 Å². The van der Waals surface area contributed by atoms with Gasteiger partial charge in [0, 0.05) is 12.1 Å². The number of benzene rings is 1. The first kappa shape index (κ1) is 14.3. The summed E-state index contributed by atoms with van der Waals surface area (Å²) in [5.41, 5.74) is 1.12. The molecule has 2 rings (SSSR count). The van der Waals surface area contributed by atoms with Gasteiger partial charge >= 0.3 is 9.39 Å². The topological polar surface area (TPSA) is 29.2 Å². The highest BCUT2D eigenvalue weighted by molar-refractivity contribution is 7.81. The lowest BCUT2D eigenvalue weighted by molar-refractivity contribution is -0.727. The molecule has 1 aliphatic rings. The van der Waals surface area contributed by atoms with Gasteiger partial charge in [0.05, 0.1) is 0 Å². The van der Waals surface area contributed by atoms with Crippen LogP contribution in [0.5, 0.6) is 0 Å². The molecule has 0 amide bonds. The normalized spacial score (nSPS) is 18.1. The van der Waals surface area contributed by atoms with E-state index in [0.717, 1.165) is 10.7 Å². The Balaban J connectivity index is 0.000000221. The molecule has 0 aromatic heterocycles. The third-order valence-electron chi connectivity index (χ3n) is 1.53. The highest BCUT2D eigenvalue weighted by atomic mass is 35.9. The van der Waals surface area contributed by atoms with Crippen molar-refractivity contribution in [2.24, 2.45) is 10.1 Å². The molecule has 1 N–H and O–H groups in total. The SMILES string of the molecule is C1=NC=N[NH+]1c1ccccc1.[Cl][Al-]([Cl])([Cl])[Cl]. The van der Waals surface area contributed by atoms with E-state index in [4.69, 9.17) is 40.2 Å². The lowest BCUT2D eigenvalue weighted by Gasteiger charge is -1.99. The van der Waals surface area contributed by atoms with Crippen LogP contribution in [0.25, 0.3) is 0 Å². The summed E-state index contributed by atoms with van der Waals surface area (Å²) < 4.78 is 0. The summed E-state index contributed by atoms with van der Waals surface area (Å²) in [6.07, 6.45) is 3.32. The summed E-state index contributed by atoms with van der Waals surface area (Å²) in [5, 5.41) is 5.01. The van der Waals surface area contributed by atoms with Gasteiger partial charge in [-0.15, -0.1) is 5.01 Å². The standard InChI is InChI=1S/C8H7N3.Al.4ClH/c1-2-4-8(5-3-1)11-7-9-6-10-11;;;;;/h1-7H;;4*1H/q;+3;;;;/p-3. The molecule has 0 fully saturated rings. The van der Waals surface area contributed by atoms with Gasteiger partial charge in [-0.25, -0.2) is 0 Å². The smallest absolute Gasteiger partial charge is 0.391 e. The Morgan fingerprint density at radius 3 is 2.00 bits per heavy atom. The summed E-state index contributed by atoms with van der Waals surface area (Å²) in [6.45, 7) is 0. The molecule has 0 saturated heterocycles. The van der Waals surface area contributed by atoms with E-state index in [1.807, 2.05) is 30.3 Å². The summed E-state index contributed by atoms with van der Waals surface area (Å²) in [7, 11) is 17.0. The molecule has 86 valence electrons. The van der Waals surface area contributed by atoms with Crippen molar-refractivity contribution in [3.63, 3.8) is 0 Å². The molecule has 3 nitrogen and oxygen atoms in total. The Morgan fingerprint density at radius 2 is 1.56 bits per heavy atom. The molecule has 1 atom stereocenters. The van der Waals surface area contributed by atoms with Crippen molar-refractivity contribution in [2.45, 2.75) is 0 Å². The molecule has 0 bridgehead atoms. The van der Waals surface area contributed by atoms with Gasteiger partial charge in [0.2, 0.25) is 6.34 Å².